The second-order valence-electron chi connectivity index (χ2n) is 8.58. The second-order valence-corrected chi connectivity index (χ2v) is 8.58. The van der Waals surface area contributed by atoms with Gasteiger partial charge in [-0.1, -0.05) is 13.8 Å². The number of hydrogen-bond donors (Lipinski definition) is 1. The molecule has 0 aromatic carbocycles. The maximum Gasteiger partial charge on any atom is 0.0128 e. The highest BCUT2D eigenvalue weighted by atomic mass is 14.8. The van der Waals surface area contributed by atoms with Crippen LogP contribution in [0.3, 0.4) is 0 Å². The summed E-state index contributed by atoms with van der Waals surface area (Å²) in [7, 11) is 0. The minimum absolute atomic E-state index is 0.448. The van der Waals surface area contributed by atoms with Crippen LogP contribution >= 0.6 is 0 Å². The van der Waals surface area contributed by atoms with E-state index in [-0.39, 0.29) is 0 Å². The molecule has 0 unspecified atom stereocenters. The van der Waals surface area contributed by atoms with E-state index in [2.05, 4.69) is 13.8 Å². The highest BCUT2D eigenvalue weighted by Gasteiger charge is 2.60. The molecule has 1 nitrogen and oxygen atoms in total. The molecule has 2 N–H and O–H groups in total. The van der Waals surface area contributed by atoms with Crippen molar-refractivity contribution >= 4 is 0 Å². The fraction of sp³-hybridized carbons (Fsp3) is 1.00. The molecule has 5 fully saturated rings. The van der Waals surface area contributed by atoms with Gasteiger partial charge in [-0.3, -0.25) is 0 Å². The molecule has 0 radical (unpaired) electrons. The molecule has 0 heterocycles. The Labute approximate surface area is 106 Å². The predicted molar refractivity (Wildman–Crippen MR) is 70.5 cm³/mol. The molecule has 96 valence electrons. The van der Waals surface area contributed by atoms with Crippen LogP contribution in [0.25, 0.3) is 0 Å². The van der Waals surface area contributed by atoms with E-state index in [1.165, 1.54) is 6.42 Å². The van der Waals surface area contributed by atoms with Crippen LogP contribution in [0.1, 0.15) is 58.8 Å². The van der Waals surface area contributed by atoms with Gasteiger partial charge in [-0.15, -0.1) is 0 Å². The zero-order valence-corrected chi connectivity index (χ0v) is 11.4. The number of hydrogen-bond acceptors (Lipinski definition) is 1. The molecule has 5 aliphatic carbocycles. The van der Waals surface area contributed by atoms with Gasteiger partial charge in [0.25, 0.3) is 0 Å². The Morgan fingerprint density at radius 2 is 1.35 bits per heavy atom. The van der Waals surface area contributed by atoms with Crippen molar-refractivity contribution in [2.45, 2.75) is 64.8 Å². The van der Waals surface area contributed by atoms with Gasteiger partial charge in [-0.25, -0.2) is 0 Å². The molecule has 5 rings (SSSR count). The first kappa shape index (κ1) is 10.8. The molecule has 5 saturated carbocycles. The van der Waals surface area contributed by atoms with Crippen molar-refractivity contribution in [2.75, 3.05) is 0 Å². The third-order valence-electron chi connectivity index (χ3n) is 6.96. The summed E-state index contributed by atoms with van der Waals surface area (Å²) in [5, 5.41) is 0. The van der Waals surface area contributed by atoms with Crippen LogP contribution in [-0.4, -0.2) is 6.04 Å². The topological polar surface area (TPSA) is 26.0 Å². The van der Waals surface area contributed by atoms with Gasteiger partial charge in [0.2, 0.25) is 0 Å². The molecule has 0 aliphatic heterocycles. The average molecular weight is 233 g/mol. The fourth-order valence-corrected chi connectivity index (χ4v) is 6.18. The highest BCUT2D eigenvalue weighted by Crippen LogP contribution is 2.66. The quantitative estimate of drug-likeness (QED) is 0.775. The van der Waals surface area contributed by atoms with E-state index < -0.39 is 0 Å². The third-order valence-corrected chi connectivity index (χ3v) is 6.96. The summed E-state index contributed by atoms with van der Waals surface area (Å²) in [5.74, 6) is 4.12. The van der Waals surface area contributed by atoms with Gasteiger partial charge in [0.05, 0.1) is 0 Å². The first-order valence-electron chi connectivity index (χ1n) is 7.74. The summed E-state index contributed by atoms with van der Waals surface area (Å²) in [6.07, 6.45) is 10.8. The van der Waals surface area contributed by atoms with Gasteiger partial charge in [0.1, 0.15) is 0 Å². The molecule has 17 heavy (non-hydrogen) atoms. The monoisotopic (exact) mass is 233 g/mol. The maximum atomic E-state index is 6.27. The number of rotatable bonds is 2. The average Bonchev–Trinajstić information content (AvgIpc) is 2.65. The molecule has 0 aromatic rings. The SMILES string of the molecule is CC1(C)[C@@H](N)[C@@H]1CC12CC3CC(CC(C3)C1)C2. The fourth-order valence-electron chi connectivity index (χ4n) is 6.18. The highest BCUT2D eigenvalue weighted by molar-refractivity contribution is 5.13. The van der Waals surface area contributed by atoms with E-state index in [1.54, 1.807) is 38.5 Å². The van der Waals surface area contributed by atoms with Crippen molar-refractivity contribution in [1.29, 1.82) is 0 Å². The molecule has 0 spiro atoms. The van der Waals surface area contributed by atoms with E-state index >= 15 is 0 Å². The first-order chi connectivity index (χ1) is 7.98. The van der Waals surface area contributed by atoms with Gasteiger partial charge < -0.3 is 5.73 Å². The van der Waals surface area contributed by atoms with E-state index in [4.69, 9.17) is 5.73 Å². The summed E-state index contributed by atoms with van der Waals surface area (Å²) >= 11 is 0. The molecule has 5 aliphatic rings. The van der Waals surface area contributed by atoms with E-state index in [0.29, 0.717) is 11.5 Å². The van der Waals surface area contributed by atoms with Crippen LogP contribution in [0.15, 0.2) is 0 Å². The lowest BCUT2D eigenvalue weighted by molar-refractivity contribution is -0.0617. The first-order valence-corrected chi connectivity index (χ1v) is 7.74. The van der Waals surface area contributed by atoms with E-state index in [1.807, 2.05) is 0 Å². The molecule has 1 heteroatoms. The Hall–Kier alpha value is -0.0400. The Kier molecular flexibility index (Phi) is 1.98. The van der Waals surface area contributed by atoms with Crippen molar-refractivity contribution in [2.24, 2.45) is 40.2 Å². The van der Waals surface area contributed by atoms with Gasteiger partial charge in [0, 0.05) is 6.04 Å². The van der Waals surface area contributed by atoms with Crippen LogP contribution in [0.2, 0.25) is 0 Å². The summed E-state index contributed by atoms with van der Waals surface area (Å²) in [4.78, 5) is 0. The minimum Gasteiger partial charge on any atom is -0.327 e. The third kappa shape index (κ3) is 1.47. The van der Waals surface area contributed by atoms with Crippen LogP contribution in [0.5, 0.6) is 0 Å². The standard InChI is InChI=1S/C16H27N/c1-15(2)13(14(15)17)9-16-6-10-3-11(7-16)5-12(4-10)8-16/h10-14H,3-9,17H2,1-2H3/t10?,11?,12?,13-,14-,16?/m0/s1. The minimum atomic E-state index is 0.448. The Morgan fingerprint density at radius 1 is 0.941 bits per heavy atom. The Bertz CT molecular complexity index is 308. The molecule has 0 amide bonds. The maximum absolute atomic E-state index is 6.27. The van der Waals surface area contributed by atoms with Gasteiger partial charge in [-0.2, -0.15) is 0 Å². The summed E-state index contributed by atoms with van der Waals surface area (Å²) < 4.78 is 0. The van der Waals surface area contributed by atoms with Crippen molar-refractivity contribution in [3.8, 4) is 0 Å². The predicted octanol–water partition coefficient (Wildman–Crippen LogP) is 3.58. The molecular weight excluding hydrogens is 206 g/mol. The summed E-state index contributed by atoms with van der Waals surface area (Å²) in [6, 6.07) is 0.496. The molecule has 2 atom stereocenters. The molecule has 0 aromatic heterocycles. The normalized spacial score (nSPS) is 58.4. The molecule has 0 saturated heterocycles. The van der Waals surface area contributed by atoms with Crippen molar-refractivity contribution in [3.05, 3.63) is 0 Å². The van der Waals surface area contributed by atoms with Crippen LogP contribution in [0.4, 0.5) is 0 Å². The van der Waals surface area contributed by atoms with Gasteiger partial charge >= 0.3 is 0 Å². The molecular formula is C16H27N. The smallest absolute Gasteiger partial charge is 0.0128 e. The summed E-state index contributed by atoms with van der Waals surface area (Å²) in [6.45, 7) is 4.76. The van der Waals surface area contributed by atoms with Gasteiger partial charge in [-0.05, 0) is 79.4 Å². The lowest BCUT2D eigenvalue weighted by Gasteiger charge is -2.57. The van der Waals surface area contributed by atoms with Crippen LogP contribution < -0.4 is 5.73 Å². The largest absolute Gasteiger partial charge is 0.327 e. The zero-order valence-electron chi connectivity index (χ0n) is 11.4. The molecule has 4 bridgehead atoms. The van der Waals surface area contributed by atoms with Crippen LogP contribution in [-0.2, 0) is 0 Å². The Morgan fingerprint density at radius 3 is 1.71 bits per heavy atom. The second kappa shape index (κ2) is 3.10. The van der Waals surface area contributed by atoms with Crippen molar-refractivity contribution < 1.29 is 0 Å². The summed E-state index contributed by atoms with van der Waals surface area (Å²) in [5.41, 5.74) is 7.46. The van der Waals surface area contributed by atoms with Crippen molar-refractivity contribution in [3.63, 3.8) is 0 Å². The number of nitrogens with two attached hydrogens (primary N) is 1. The lowest BCUT2D eigenvalue weighted by atomic mass is 9.48. The van der Waals surface area contributed by atoms with E-state index in [9.17, 15) is 0 Å². The van der Waals surface area contributed by atoms with Crippen LogP contribution in [0, 0.1) is 34.5 Å². The lowest BCUT2D eigenvalue weighted by Crippen LogP contribution is -2.46. The Balaban J connectivity index is 1.54. The zero-order chi connectivity index (χ0) is 11.8. The van der Waals surface area contributed by atoms with Gasteiger partial charge in [0.15, 0.2) is 0 Å². The van der Waals surface area contributed by atoms with E-state index in [0.717, 1.165) is 29.1 Å². The van der Waals surface area contributed by atoms with Crippen molar-refractivity contribution in [1.82, 2.24) is 0 Å².